The number of hydrogen-bond donors (Lipinski definition) is 1. The molecule has 5 heteroatoms. The van der Waals surface area contributed by atoms with E-state index in [9.17, 15) is 4.79 Å². The zero-order valence-electron chi connectivity index (χ0n) is 12.5. The van der Waals surface area contributed by atoms with Crippen LogP contribution >= 0.6 is 34.2 Å². The normalized spacial score (nSPS) is 10.2. The highest BCUT2D eigenvalue weighted by atomic mass is 127. The highest BCUT2D eigenvalue weighted by Crippen LogP contribution is 2.32. The average molecular weight is 450 g/mol. The number of carbonyl (C=O) groups is 1. The molecular weight excluding hydrogens is 437 g/mol. The minimum atomic E-state index is -0.214. The Hall–Kier alpha value is -2.05. The van der Waals surface area contributed by atoms with Crippen molar-refractivity contribution in [3.63, 3.8) is 0 Å². The molecule has 0 heterocycles. The van der Waals surface area contributed by atoms with Crippen LogP contribution in [-0.2, 0) is 0 Å². The van der Waals surface area contributed by atoms with Crippen LogP contribution in [0.3, 0.4) is 0 Å². The van der Waals surface area contributed by atoms with E-state index in [4.69, 9.17) is 16.3 Å². The van der Waals surface area contributed by atoms with Gasteiger partial charge in [-0.1, -0.05) is 35.9 Å². The van der Waals surface area contributed by atoms with E-state index in [-0.39, 0.29) is 5.91 Å². The summed E-state index contributed by atoms with van der Waals surface area (Å²) in [4.78, 5) is 12.5. The van der Waals surface area contributed by atoms with E-state index in [1.807, 2.05) is 48.5 Å². The number of ether oxygens (including phenoxy) is 1. The predicted octanol–water partition coefficient (Wildman–Crippen LogP) is 5.99. The molecule has 0 aliphatic heterocycles. The van der Waals surface area contributed by atoms with E-state index in [1.54, 1.807) is 24.3 Å². The summed E-state index contributed by atoms with van der Waals surface area (Å²) in [6, 6.07) is 21.9. The van der Waals surface area contributed by atoms with E-state index >= 15 is 0 Å². The lowest BCUT2D eigenvalue weighted by Crippen LogP contribution is -2.12. The standard InChI is InChI=1S/C19H13ClINO2/c20-14-9-10-18(24-16-7-2-1-3-8-16)17(12-14)22-19(23)13-5-4-6-15(21)11-13/h1-12H,(H,22,23). The molecule has 1 N–H and O–H groups in total. The molecule has 3 nitrogen and oxygen atoms in total. The van der Waals surface area contributed by atoms with Gasteiger partial charge >= 0.3 is 0 Å². The Morgan fingerprint density at radius 1 is 0.958 bits per heavy atom. The lowest BCUT2D eigenvalue weighted by atomic mass is 10.2. The summed E-state index contributed by atoms with van der Waals surface area (Å²) in [6.07, 6.45) is 0. The number of anilines is 1. The molecule has 24 heavy (non-hydrogen) atoms. The number of para-hydroxylation sites is 1. The zero-order chi connectivity index (χ0) is 16.9. The molecule has 0 bridgehead atoms. The Kier molecular flexibility index (Phi) is 5.37. The smallest absolute Gasteiger partial charge is 0.255 e. The highest BCUT2D eigenvalue weighted by molar-refractivity contribution is 14.1. The number of halogens is 2. The first kappa shape index (κ1) is 16.8. The van der Waals surface area contributed by atoms with Gasteiger partial charge in [0, 0.05) is 14.2 Å². The van der Waals surface area contributed by atoms with Crippen LogP contribution in [0.25, 0.3) is 0 Å². The van der Waals surface area contributed by atoms with Gasteiger partial charge in [0.15, 0.2) is 5.75 Å². The summed E-state index contributed by atoms with van der Waals surface area (Å²) in [5.41, 5.74) is 1.10. The number of carbonyl (C=O) groups excluding carboxylic acids is 1. The molecule has 0 spiro atoms. The lowest BCUT2D eigenvalue weighted by Gasteiger charge is -2.13. The summed E-state index contributed by atoms with van der Waals surface area (Å²) in [5, 5.41) is 3.39. The summed E-state index contributed by atoms with van der Waals surface area (Å²) in [7, 11) is 0. The highest BCUT2D eigenvalue weighted by Gasteiger charge is 2.12. The molecule has 0 saturated heterocycles. The van der Waals surface area contributed by atoms with Crippen molar-refractivity contribution < 1.29 is 9.53 Å². The molecule has 0 unspecified atom stereocenters. The van der Waals surface area contributed by atoms with Crippen LogP contribution in [0.1, 0.15) is 10.4 Å². The third-order valence-electron chi connectivity index (χ3n) is 3.25. The maximum absolute atomic E-state index is 12.5. The third-order valence-corrected chi connectivity index (χ3v) is 4.15. The molecule has 0 aliphatic carbocycles. The fourth-order valence-electron chi connectivity index (χ4n) is 2.13. The Morgan fingerprint density at radius 3 is 2.50 bits per heavy atom. The topological polar surface area (TPSA) is 38.3 Å². The summed E-state index contributed by atoms with van der Waals surface area (Å²) in [5.74, 6) is 1.00. The van der Waals surface area contributed by atoms with E-state index in [0.29, 0.717) is 27.8 Å². The minimum absolute atomic E-state index is 0.214. The molecule has 120 valence electrons. The van der Waals surface area contributed by atoms with Crippen molar-refractivity contribution in [3.05, 3.63) is 87.0 Å². The number of nitrogens with one attached hydrogen (secondary N) is 1. The van der Waals surface area contributed by atoms with E-state index in [2.05, 4.69) is 27.9 Å². The van der Waals surface area contributed by atoms with Crippen molar-refractivity contribution in [1.82, 2.24) is 0 Å². The fraction of sp³-hybridized carbons (Fsp3) is 0. The molecule has 3 aromatic carbocycles. The Balaban J connectivity index is 1.87. The van der Waals surface area contributed by atoms with Crippen LogP contribution in [0.2, 0.25) is 5.02 Å². The van der Waals surface area contributed by atoms with Crippen molar-refractivity contribution in [1.29, 1.82) is 0 Å². The second-order valence-electron chi connectivity index (χ2n) is 5.02. The van der Waals surface area contributed by atoms with Gasteiger partial charge in [-0.05, 0) is 71.1 Å². The van der Waals surface area contributed by atoms with Crippen molar-refractivity contribution >= 4 is 45.8 Å². The second kappa shape index (κ2) is 7.68. The molecule has 1 amide bonds. The van der Waals surface area contributed by atoms with Gasteiger partial charge < -0.3 is 10.1 Å². The Morgan fingerprint density at radius 2 is 1.75 bits per heavy atom. The van der Waals surface area contributed by atoms with Gasteiger partial charge in [-0.2, -0.15) is 0 Å². The van der Waals surface area contributed by atoms with Crippen LogP contribution in [0, 0.1) is 3.57 Å². The predicted molar refractivity (Wildman–Crippen MR) is 105 cm³/mol. The first-order chi connectivity index (χ1) is 11.6. The molecule has 0 aliphatic rings. The number of rotatable bonds is 4. The summed E-state index contributed by atoms with van der Waals surface area (Å²) >= 11 is 8.24. The first-order valence-electron chi connectivity index (χ1n) is 7.21. The van der Waals surface area contributed by atoms with Crippen LogP contribution < -0.4 is 10.1 Å². The van der Waals surface area contributed by atoms with E-state index in [1.165, 1.54) is 0 Å². The molecule has 0 saturated carbocycles. The van der Waals surface area contributed by atoms with Crippen LogP contribution in [0.5, 0.6) is 11.5 Å². The molecule has 0 fully saturated rings. The van der Waals surface area contributed by atoms with Crippen molar-refractivity contribution in [2.75, 3.05) is 5.32 Å². The van der Waals surface area contributed by atoms with Crippen LogP contribution in [0.15, 0.2) is 72.8 Å². The molecule has 3 aromatic rings. The first-order valence-corrected chi connectivity index (χ1v) is 8.67. The lowest BCUT2D eigenvalue weighted by molar-refractivity contribution is 0.102. The van der Waals surface area contributed by atoms with Gasteiger partial charge in [0.1, 0.15) is 5.75 Å². The van der Waals surface area contributed by atoms with Crippen LogP contribution in [0.4, 0.5) is 5.69 Å². The van der Waals surface area contributed by atoms with Gasteiger partial charge in [-0.25, -0.2) is 0 Å². The van der Waals surface area contributed by atoms with Crippen LogP contribution in [-0.4, -0.2) is 5.91 Å². The molecule has 0 atom stereocenters. The van der Waals surface area contributed by atoms with Gasteiger partial charge in [0.25, 0.3) is 5.91 Å². The van der Waals surface area contributed by atoms with E-state index in [0.717, 1.165) is 3.57 Å². The van der Waals surface area contributed by atoms with Crippen molar-refractivity contribution in [2.24, 2.45) is 0 Å². The van der Waals surface area contributed by atoms with Crippen molar-refractivity contribution in [2.45, 2.75) is 0 Å². The Bertz CT molecular complexity index is 868. The molecule has 3 rings (SSSR count). The number of hydrogen-bond acceptors (Lipinski definition) is 2. The second-order valence-corrected chi connectivity index (χ2v) is 6.70. The largest absolute Gasteiger partial charge is 0.455 e. The van der Waals surface area contributed by atoms with Gasteiger partial charge in [0.05, 0.1) is 5.69 Å². The van der Waals surface area contributed by atoms with Gasteiger partial charge in [-0.3, -0.25) is 4.79 Å². The summed E-state index contributed by atoms with van der Waals surface area (Å²) < 4.78 is 6.84. The molecule has 0 radical (unpaired) electrons. The third kappa shape index (κ3) is 4.27. The SMILES string of the molecule is O=C(Nc1cc(Cl)ccc1Oc1ccccc1)c1cccc(I)c1. The maximum atomic E-state index is 12.5. The Labute approximate surface area is 158 Å². The van der Waals surface area contributed by atoms with Crippen molar-refractivity contribution in [3.8, 4) is 11.5 Å². The monoisotopic (exact) mass is 449 g/mol. The average Bonchev–Trinajstić information content (AvgIpc) is 2.58. The molecule has 0 aromatic heterocycles. The zero-order valence-corrected chi connectivity index (χ0v) is 15.4. The maximum Gasteiger partial charge on any atom is 0.255 e. The quantitative estimate of drug-likeness (QED) is 0.497. The number of benzene rings is 3. The van der Waals surface area contributed by atoms with Gasteiger partial charge in [0.2, 0.25) is 0 Å². The van der Waals surface area contributed by atoms with Gasteiger partial charge in [-0.15, -0.1) is 0 Å². The molecular formula is C19H13ClINO2. The van der Waals surface area contributed by atoms with E-state index < -0.39 is 0 Å². The minimum Gasteiger partial charge on any atom is -0.455 e. The summed E-state index contributed by atoms with van der Waals surface area (Å²) in [6.45, 7) is 0. The fourth-order valence-corrected chi connectivity index (χ4v) is 2.84. The number of amides is 1.